The number of alkyl halides is 3. The highest BCUT2D eigenvalue weighted by molar-refractivity contribution is 5.77. The van der Waals surface area contributed by atoms with Crippen molar-refractivity contribution in [2.45, 2.75) is 51.4 Å². The minimum Gasteiger partial charge on any atom is -0.468 e. The van der Waals surface area contributed by atoms with Crippen molar-refractivity contribution in [3.05, 3.63) is 0 Å². The molecule has 0 saturated heterocycles. The number of ether oxygens (including phenoxy) is 2. The lowest BCUT2D eigenvalue weighted by Crippen LogP contribution is -2.49. The summed E-state index contributed by atoms with van der Waals surface area (Å²) in [6.45, 7) is 3.14. The van der Waals surface area contributed by atoms with Crippen LogP contribution in [-0.2, 0) is 19.1 Å². The van der Waals surface area contributed by atoms with E-state index in [-0.39, 0.29) is 12.8 Å². The average molecular weight is 328 g/mol. The number of esters is 2. The summed E-state index contributed by atoms with van der Waals surface area (Å²) in [6.07, 6.45) is -4.90. The molecule has 0 saturated carbocycles. The maximum atomic E-state index is 12.5. The molecule has 0 aromatic carbocycles. The number of nitrogens with two attached hydrogens (primary N) is 1. The van der Waals surface area contributed by atoms with Gasteiger partial charge in [-0.25, -0.2) is 0 Å². The van der Waals surface area contributed by atoms with E-state index in [9.17, 15) is 22.8 Å². The van der Waals surface area contributed by atoms with E-state index >= 15 is 0 Å². The van der Waals surface area contributed by atoms with Crippen molar-refractivity contribution >= 4 is 11.9 Å². The van der Waals surface area contributed by atoms with Crippen LogP contribution in [0.25, 0.3) is 0 Å². The summed E-state index contributed by atoms with van der Waals surface area (Å²) in [5, 5.41) is 0. The van der Waals surface area contributed by atoms with Gasteiger partial charge in [-0.3, -0.25) is 14.5 Å². The van der Waals surface area contributed by atoms with E-state index < -0.39 is 43.0 Å². The molecule has 0 spiro atoms. The zero-order valence-corrected chi connectivity index (χ0v) is 13.2. The first kappa shape index (κ1) is 20.6. The zero-order chi connectivity index (χ0) is 17.6. The van der Waals surface area contributed by atoms with Crippen LogP contribution in [0.15, 0.2) is 0 Å². The molecule has 1 unspecified atom stereocenters. The summed E-state index contributed by atoms with van der Waals surface area (Å²) < 4.78 is 47.0. The molecule has 0 heterocycles. The molecule has 9 heteroatoms. The number of rotatable bonds is 7. The molecule has 130 valence electrons. The number of hydrogen-bond acceptors (Lipinski definition) is 6. The average Bonchev–Trinajstić information content (AvgIpc) is 2.33. The number of methoxy groups -OCH3 is 1. The Morgan fingerprint density at radius 1 is 1.23 bits per heavy atom. The van der Waals surface area contributed by atoms with Gasteiger partial charge < -0.3 is 15.2 Å². The van der Waals surface area contributed by atoms with Crippen LogP contribution in [0.2, 0.25) is 0 Å². The smallest absolute Gasteiger partial charge is 0.401 e. The Bertz CT molecular complexity index is 380. The normalized spacial score (nSPS) is 13.9. The van der Waals surface area contributed by atoms with Crippen molar-refractivity contribution in [1.82, 2.24) is 4.90 Å². The van der Waals surface area contributed by atoms with Gasteiger partial charge in [-0.05, 0) is 27.2 Å². The van der Waals surface area contributed by atoms with Gasteiger partial charge in [0.1, 0.15) is 11.6 Å². The van der Waals surface area contributed by atoms with E-state index in [1.54, 1.807) is 20.8 Å². The number of halogens is 3. The number of nitrogens with zero attached hydrogens (tertiary/aromatic N) is 1. The van der Waals surface area contributed by atoms with Gasteiger partial charge >= 0.3 is 18.1 Å². The van der Waals surface area contributed by atoms with Crippen molar-refractivity contribution in [2.24, 2.45) is 5.73 Å². The standard InChI is InChI=1S/C13H23F3N2O4/c1-12(2,3)22-10(19)6-5-9(11(20)21-4)18(8-17)7-13(14,15)16/h9H,5-8,17H2,1-4H3. The quantitative estimate of drug-likeness (QED) is 0.562. The Kier molecular flexibility index (Phi) is 7.82. The highest BCUT2D eigenvalue weighted by Gasteiger charge is 2.36. The molecule has 0 aliphatic rings. The van der Waals surface area contributed by atoms with Crippen molar-refractivity contribution < 1.29 is 32.2 Å². The van der Waals surface area contributed by atoms with Crippen LogP contribution < -0.4 is 5.73 Å². The summed E-state index contributed by atoms with van der Waals surface area (Å²) in [6, 6.07) is -1.26. The molecule has 2 N–H and O–H groups in total. The predicted octanol–water partition coefficient (Wildman–Crippen LogP) is 1.43. The second kappa shape index (κ2) is 8.33. The van der Waals surface area contributed by atoms with Gasteiger partial charge in [-0.15, -0.1) is 0 Å². The highest BCUT2D eigenvalue weighted by atomic mass is 19.4. The maximum Gasteiger partial charge on any atom is 0.401 e. The van der Waals surface area contributed by atoms with Crippen molar-refractivity contribution in [3.8, 4) is 0 Å². The molecule has 0 fully saturated rings. The summed E-state index contributed by atoms with van der Waals surface area (Å²) >= 11 is 0. The third-order valence-electron chi connectivity index (χ3n) is 2.57. The van der Waals surface area contributed by atoms with Crippen LogP contribution in [-0.4, -0.2) is 55.0 Å². The van der Waals surface area contributed by atoms with E-state index in [1.165, 1.54) is 0 Å². The molecule has 0 aliphatic carbocycles. The first-order chi connectivity index (χ1) is 9.89. The fraction of sp³-hybridized carbons (Fsp3) is 0.846. The molecular formula is C13H23F3N2O4. The maximum absolute atomic E-state index is 12.5. The topological polar surface area (TPSA) is 81.9 Å². The Labute approximate surface area is 127 Å². The minimum atomic E-state index is -4.52. The van der Waals surface area contributed by atoms with Crippen LogP contribution in [0.3, 0.4) is 0 Å². The van der Waals surface area contributed by atoms with Crippen LogP contribution in [0.4, 0.5) is 13.2 Å². The fourth-order valence-corrected chi connectivity index (χ4v) is 1.76. The SMILES string of the molecule is COC(=O)C(CCC(=O)OC(C)(C)C)N(CN)CC(F)(F)F. The lowest BCUT2D eigenvalue weighted by atomic mass is 10.1. The summed E-state index contributed by atoms with van der Waals surface area (Å²) in [7, 11) is 1.06. The van der Waals surface area contributed by atoms with Crippen molar-refractivity contribution in [1.29, 1.82) is 0 Å². The Morgan fingerprint density at radius 3 is 2.14 bits per heavy atom. The van der Waals surface area contributed by atoms with E-state index in [4.69, 9.17) is 10.5 Å². The molecule has 1 atom stereocenters. The van der Waals surface area contributed by atoms with E-state index in [0.29, 0.717) is 0 Å². The number of hydrogen-bond donors (Lipinski definition) is 1. The Hall–Kier alpha value is -1.35. The van der Waals surface area contributed by atoms with Gasteiger partial charge in [0.25, 0.3) is 0 Å². The minimum absolute atomic E-state index is 0.172. The van der Waals surface area contributed by atoms with Crippen LogP contribution >= 0.6 is 0 Å². The van der Waals surface area contributed by atoms with Crippen molar-refractivity contribution in [3.63, 3.8) is 0 Å². The van der Waals surface area contributed by atoms with E-state index in [1.807, 2.05) is 0 Å². The molecule has 0 aliphatic heterocycles. The zero-order valence-electron chi connectivity index (χ0n) is 13.2. The largest absolute Gasteiger partial charge is 0.468 e. The molecule has 0 radical (unpaired) electrons. The van der Waals surface area contributed by atoms with Gasteiger partial charge in [0, 0.05) is 13.1 Å². The first-order valence-corrected chi connectivity index (χ1v) is 6.70. The predicted molar refractivity (Wildman–Crippen MR) is 72.7 cm³/mol. The Balaban J connectivity index is 4.84. The Morgan fingerprint density at radius 2 is 1.77 bits per heavy atom. The molecule has 6 nitrogen and oxygen atoms in total. The van der Waals surface area contributed by atoms with Gasteiger partial charge in [0.05, 0.1) is 13.7 Å². The van der Waals surface area contributed by atoms with Crippen LogP contribution in [0.1, 0.15) is 33.6 Å². The third kappa shape index (κ3) is 8.83. The monoisotopic (exact) mass is 328 g/mol. The van der Waals surface area contributed by atoms with Gasteiger partial charge in [-0.1, -0.05) is 0 Å². The van der Waals surface area contributed by atoms with Crippen LogP contribution in [0, 0.1) is 0 Å². The summed E-state index contributed by atoms with van der Waals surface area (Å²) in [4.78, 5) is 24.0. The van der Waals surface area contributed by atoms with E-state index in [2.05, 4.69) is 4.74 Å². The summed E-state index contributed by atoms with van der Waals surface area (Å²) in [5.41, 5.74) is 4.57. The number of carbonyl (C=O) groups excluding carboxylic acids is 2. The van der Waals surface area contributed by atoms with Crippen molar-refractivity contribution in [2.75, 3.05) is 20.3 Å². The molecule has 0 aromatic heterocycles. The molecular weight excluding hydrogens is 305 g/mol. The fourth-order valence-electron chi connectivity index (χ4n) is 1.76. The highest BCUT2D eigenvalue weighted by Crippen LogP contribution is 2.20. The van der Waals surface area contributed by atoms with E-state index in [0.717, 1.165) is 12.0 Å². The lowest BCUT2D eigenvalue weighted by molar-refractivity contribution is -0.165. The molecule has 0 rings (SSSR count). The van der Waals surface area contributed by atoms with Gasteiger partial charge in [-0.2, -0.15) is 13.2 Å². The second-order valence-electron chi connectivity index (χ2n) is 5.71. The number of carbonyl (C=O) groups is 2. The molecule has 0 amide bonds. The first-order valence-electron chi connectivity index (χ1n) is 6.70. The second-order valence-corrected chi connectivity index (χ2v) is 5.71. The molecule has 0 bridgehead atoms. The van der Waals surface area contributed by atoms with Gasteiger partial charge in [0.2, 0.25) is 0 Å². The molecule has 0 aromatic rings. The van der Waals surface area contributed by atoms with Gasteiger partial charge in [0.15, 0.2) is 0 Å². The third-order valence-corrected chi connectivity index (χ3v) is 2.57. The van der Waals surface area contributed by atoms with Crippen LogP contribution in [0.5, 0.6) is 0 Å². The molecule has 22 heavy (non-hydrogen) atoms. The summed E-state index contributed by atoms with van der Waals surface area (Å²) in [5.74, 6) is -1.48. The lowest BCUT2D eigenvalue weighted by Gasteiger charge is -2.29.